The Hall–Kier alpha value is -5.35. The normalized spacial score (nSPS) is 12.5. The van der Waals surface area contributed by atoms with Crippen LogP contribution in [-0.4, -0.2) is 47.3 Å². The predicted octanol–water partition coefficient (Wildman–Crippen LogP) is 3.92. The van der Waals surface area contributed by atoms with E-state index in [2.05, 4.69) is 15.3 Å². The number of carbonyl (C=O) groups is 4. The number of hydrogen-bond acceptors (Lipinski definition) is 8. The fourth-order valence-electron chi connectivity index (χ4n) is 4.91. The Bertz CT molecular complexity index is 1780. The van der Waals surface area contributed by atoms with Gasteiger partial charge >= 0.3 is 11.9 Å². The molecule has 5 rings (SSSR count). The summed E-state index contributed by atoms with van der Waals surface area (Å²) in [6.07, 6.45) is 1.81. The van der Waals surface area contributed by atoms with Gasteiger partial charge in [-0.1, -0.05) is 48.5 Å². The first kappa shape index (κ1) is 28.2. The van der Waals surface area contributed by atoms with Gasteiger partial charge in [0.2, 0.25) is 5.91 Å². The second-order valence-corrected chi connectivity index (χ2v) is 9.69. The molecule has 0 saturated heterocycles. The summed E-state index contributed by atoms with van der Waals surface area (Å²) in [5.74, 6) is -3.51. The summed E-state index contributed by atoms with van der Waals surface area (Å²) in [6.45, 7) is 0.215. The molecule has 0 aliphatic carbocycles. The minimum absolute atomic E-state index is 0.0161. The van der Waals surface area contributed by atoms with Crippen molar-refractivity contribution in [3.63, 3.8) is 0 Å². The van der Waals surface area contributed by atoms with Gasteiger partial charge in [0.25, 0.3) is 0 Å². The molecule has 0 aliphatic heterocycles. The van der Waals surface area contributed by atoms with Crippen molar-refractivity contribution in [3.8, 4) is 17.0 Å². The number of para-hydroxylation sites is 1. The molecule has 0 bridgehead atoms. The molecule has 2 aromatic heterocycles. The van der Waals surface area contributed by atoms with Crippen LogP contribution in [0.2, 0.25) is 0 Å². The summed E-state index contributed by atoms with van der Waals surface area (Å²) >= 11 is 0. The van der Waals surface area contributed by atoms with Crippen LogP contribution in [0.1, 0.15) is 22.3 Å². The number of aldehydes is 1. The Labute approximate surface area is 240 Å². The Morgan fingerprint density at radius 2 is 1.76 bits per heavy atom. The van der Waals surface area contributed by atoms with E-state index in [4.69, 9.17) is 15.2 Å². The van der Waals surface area contributed by atoms with Crippen LogP contribution >= 0.6 is 0 Å². The van der Waals surface area contributed by atoms with E-state index in [-0.39, 0.29) is 24.3 Å². The summed E-state index contributed by atoms with van der Waals surface area (Å²) in [5.41, 5.74) is 9.07. The highest BCUT2D eigenvalue weighted by atomic mass is 16.5. The largest absolute Gasteiger partial charge is 0.465 e. The van der Waals surface area contributed by atoms with Crippen LogP contribution in [0.15, 0.2) is 85.1 Å². The number of aromatic amines is 1. The van der Waals surface area contributed by atoms with Gasteiger partial charge in [0, 0.05) is 46.9 Å². The van der Waals surface area contributed by atoms with Crippen LogP contribution in [-0.2, 0) is 25.7 Å². The predicted molar refractivity (Wildman–Crippen MR) is 156 cm³/mol. The van der Waals surface area contributed by atoms with E-state index in [9.17, 15) is 19.2 Å². The molecular formula is C32H28N4O6. The van der Waals surface area contributed by atoms with E-state index >= 15 is 0 Å². The Morgan fingerprint density at radius 3 is 2.50 bits per heavy atom. The van der Waals surface area contributed by atoms with Gasteiger partial charge in [-0.25, -0.2) is 9.59 Å². The number of esters is 2. The number of amides is 1. The monoisotopic (exact) mass is 564 g/mol. The number of nitrogens with two attached hydrogens (primary N) is 1. The van der Waals surface area contributed by atoms with Crippen molar-refractivity contribution in [2.24, 2.45) is 11.7 Å². The number of ether oxygens (including phenoxy) is 2. The number of aromatic nitrogens is 2. The van der Waals surface area contributed by atoms with Crippen molar-refractivity contribution in [1.82, 2.24) is 15.3 Å². The molecule has 0 spiro atoms. The number of nitrogens with zero attached hydrogens (tertiary/aromatic N) is 1. The van der Waals surface area contributed by atoms with Crippen LogP contribution < -0.4 is 15.8 Å². The van der Waals surface area contributed by atoms with Gasteiger partial charge in [0.15, 0.2) is 0 Å². The zero-order valence-electron chi connectivity index (χ0n) is 22.7. The lowest BCUT2D eigenvalue weighted by atomic mass is 9.96. The number of benzene rings is 3. The average Bonchev–Trinajstić information content (AvgIpc) is 3.39. The first-order chi connectivity index (χ1) is 20.4. The van der Waals surface area contributed by atoms with Crippen molar-refractivity contribution in [3.05, 3.63) is 96.2 Å². The molecule has 42 heavy (non-hydrogen) atoms. The van der Waals surface area contributed by atoms with Gasteiger partial charge in [-0.2, -0.15) is 0 Å². The maximum absolute atomic E-state index is 13.4. The fourth-order valence-corrected chi connectivity index (χ4v) is 4.91. The van der Waals surface area contributed by atoms with Crippen LogP contribution in [0.25, 0.3) is 33.1 Å². The summed E-state index contributed by atoms with van der Waals surface area (Å²) in [4.78, 5) is 57.8. The van der Waals surface area contributed by atoms with Crippen LogP contribution in [0.5, 0.6) is 5.75 Å². The molecule has 0 aliphatic rings. The number of fused-ring (bicyclic) bond motifs is 3. The van der Waals surface area contributed by atoms with E-state index in [1.54, 1.807) is 12.3 Å². The second-order valence-electron chi connectivity index (χ2n) is 9.69. The van der Waals surface area contributed by atoms with Crippen molar-refractivity contribution in [1.29, 1.82) is 0 Å². The maximum atomic E-state index is 13.4. The molecule has 212 valence electrons. The second kappa shape index (κ2) is 12.4. The van der Waals surface area contributed by atoms with Crippen LogP contribution in [0.4, 0.5) is 0 Å². The molecule has 2 heterocycles. The van der Waals surface area contributed by atoms with E-state index in [0.29, 0.717) is 17.5 Å². The summed E-state index contributed by atoms with van der Waals surface area (Å²) in [6, 6.07) is 22.4. The zero-order valence-corrected chi connectivity index (χ0v) is 22.7. The zero-order chi connectivity index (χ0) is 29.6. The van der Waals surface area contributed by atoms with Crippen molar-refractivity contribution < 1.29 is 28.7 Å². The Balaban J connectivity index is 1.49. The van der Waals surface area contributed by atoms with Gasteiger partial charge in [-0.3, -0.25) is 15.1 Å². The third-order valence-corrected chi connectivity index (χ3v) is 6.96. The van der Waals surface area contributed by atoms with E-state index in [1.165, 1.54) is 19.2 Å². The number of nitrogens with one attached hydrogen (secondary N) is 2. The van der Waals surface area contributed by atoms with E-state index in [0.717, 1.165) is 27.4 Å². The molecule has 10 heteroatoms. The Morgan fingerprint density at radius 1 is 1.00 bits per heavy atom. The SMILES string of the molecule is COC(=O)c1cc(-c2nccc3c2[nH]c2ccccc23)ccc1OC(=O)[C@@H](NCc1ccccc1)C(C=O)CC(N)=O. The highest BCUT2D eigenvalue weighted by molar-refractivity contribution is 6.11. The highest BCUT2D eigenvalue weighted by Gasteiger charge is 2.32. The lowest BCUT2D eigenvalue weighted by Gasteiger charge is -2.22. The average molecular weight is 565 g/mol. The molecule has 1 amide bonds. The maximum Gasteiger partial charge on any atom is 0.341 e. The lowest BCUT2D eigenvalue weighted by molar-refractivity contribution is -0.140. The molecule has 10 nitrogen and oxygen atoms in total. The van der Waals surface area contributed by atoms with Gasteiger partial charge in [0.05, 0.1) is 18.3 Å². The molecule has 0 radical (unpaired) electrons. The minimum atomic E-state index is -1.22. The molecule has 0 fully saturated rings. The van der Waals surface area contributed by atoms with Gasteiger partial charge < -0.3 is 25.0 Å². The standard InChI is InChI=1S/C32H28N4O6/c1-41-31(39)24-15-20(28-30-23(13-14-34-28)22-9-5-6-10-25(22)36-30)11-12-26(24)42-32(40)29(21(18-37)16-27(33)38)35-17-19-7-3-2-4-8-19/h2-15,18,21,29,35-36H,16-17H2,1H3,(H2,33,38)/t21?,29-/m0/s1. The van der Waals surface area contributed by atoms with Crippen LogP contribution in [0, 0.1) is 5.92 Å². The topological polar surface area (TPSA) is 153 Å². The molecule has 4 N–H and O–H groups in total. The quantitative estimate of drug-likeness (QED) is 0.124. The molecular weight excluding hydrogens is 536 g/mol. The number of methoxy groups -OCH3 is 1. The number of primary amides is 1. The van der Waals surface area contributed by atoms with E-state index in [1.807, 2.05) is 60.7 Å². The molecule has 5 aromatic rings. The highest BCUT2D eigenvalue weighted by Crippen LogP contribution is 2.34. The summed E-state index contributed by atoms with van der Waals surface area (Å²) in [7, 11) is 1.22. The number of carbonyl (C=O) groups excluding carboxylic acids is 4. The van der Waals surface area contributed by atoms with Crippen LogP contribution in [0.3, 0.4) is 0 Å². The third kappa shape index (κ3) is 5.89. The third-order valence-electron chi connectivity index (χ3n) is 6.96. The van der Waals surface area contributed by atoms with Gasteiger partial charge in [0.1, 0.15) is 23.6 Å². The smallest absolute Gasteiger partial charge is 0.341 e. The van der Waals surface area contributed by atoms with Gasteiger partial charge in [-0.05, 0) is 35.9 Å². The molecule has 3 aromatic carbocycles. The van der Waals surface area contributed by atoms with Crippen molar-refractivity contribution >= 4 is 45.9 Å². The van der Waals surface area contributed by atoms with Crippen molar-refractivity contribution in [2.75, 3.05) is 7.11 Å². The molecule has 1 unspecified atom stereocenters. The Kier molecular flexibility index (Phi) is 8.35. The lowest BCUT2D eigenvalue weighted by Crippen LogP contribution is -2.46. The minimum Gasteiger partial charge on any atom is -0.465 e. The number of rotatable bonds is 11. The number of H-pyrrole nitrogens is 1. The summed E-state index contributed by atoms with van der Waals surface area (Å²) < 4.78 is 10.6. The number of pyridine rings is 1. The number of hydrogen-bond donors (Lipinski definition) is 3. The molecule has 0 saturated carbocycles. The molecule has 2 atom stereocenters. The van der Waals surface area contributed by atoms with Gasteiger partial charge in [-0.15, -0.1) is 0 Å². The first-order valence-electron chi connectivity index (χ1n) is 13.2. The van der Waals surface area contributed by atoms with E-state index < -0.39 is 29.8 Å². The fraction of sp³-hybridized carbons (Fsp3) is 0.156. The first-order valence-corrected chi connectivity index (χ1v) is 13.2. The van der Waals surface area contributed by atoms with Crippen molar-refractivity contribution in [2.45, 2.75) is 19.0 Å². The summed E-state index contributed by atoms with van der Waals surface area (Å²) in [5, 5.41) is 5.00.